The van der Waals surface area contributed by atoms with Crippen molar-refractivity contribution in [1.29, 1.82) is 0 Å². The van der Waals surface area contributed by atoms with Gasteiger partial charge in [-0.25, -0.2) is 0 Å². The van der Waals surface area contributed by atoms with Crippen LogP contribution in [0.25, 0.3) is 0 Å². The third-order valence-electron chi connectivity index (χ3n) is 2.48. The molecule has 2 atom stereocenters. The van der Waals surface area contributed by atoms with Crippen molar-refractivity contribution in [3.63, 3.8) is 0 Å². The fourth-order valence-electron chi connectivity index (χ4n) is 1.63. The predicted octanol–water partition coefficient (Wildman–Crippen LogP) is 4.52. The van der Waals surface area contributed by atoms with Crippen molar-refractivity contribution in [1.82, 2.24) is 5.32 Å². The molecule has 0 aromatic carbocycles. The highest BCUT2D eigenvalue weighted by atomic mass is 79.9. The van der Waals surface area contributed by atoms with Crippen LogP contribution in [0.2, 0.25) is 0 Å². The van der Waals surface area contributed by atoms with Crippen LogP contribution in [0.3, 0.4) is 0 Å². The van der Waals surface area contributed by atoms with Crippen molar-refractivity contribution in [2.45, 2.75) is 25.9 Å². The van der Waals surface area contributed by atoms with Gasteiger partial charge in [0.1, 0.15) is 5.76 Å². The molecule has 2 nitrogen and oxygen atoms in total. The summed E-state index contributed by atoms with van der Waals surface area (Å²) in [5.41, 5.74) is 0. The lowest BCUT2D eigenvalue weighted by Crippen LogP contribution is -2.21. The van der Waals surface area contributed by atoms with Crippen molar-refractivity contribution in [3.05, 3.63) is 45.0 Å². The van der Waals surface area contributed by atoms with Gasteiger partial charge in [0.15, 0.2) is 0 Å². The molecule has 1 N–H and O–H groups in total. The van der Waals surface area contributed by atoms with Crippen molar-refractivity contribution in [2.24, 2.45) is 0 Å². The molecule has 0 aliphatic heterocycles. The summed E-state index contributed by atoms with van der Waals surface area (Å²) in [7, 11) is 0. The first kappa shape index (κ1) is 11.9. The highest BCUT2D eigenvalue weighted by Crippen LogP contribution is 2.27. The molecule has 2 rings (SSSR count). The summed E-state index contributed by atoms with van der Waals surface area (Å²) in [6, 6.07) is 6.62. The Morgan fingerprint density at radius 2 is 2.19 bits per heavy atom. The fraction of sp³-hybridized carbons (Fsp3) is 0.333. The lowest BCUT2D eigenvalue weighted by atomic mass is 10.2. The van der Waals surface area contributed by atoms with Crippen LogP contribution >= 0.6 is 27.3 Å². The van der Waals surface area contributed by atoms with Crippen molar-refractivity contribution >= 4 is 27.3 Å². The first-order valence-electron chi connectivity index (χ1n) is 5.20. The number of nitrogens with one attached hydrogen (secondary N) is 1. The van der Waals surface area contributed by atoms with Crippen LogP contribution in [0.5, 0.6) is 0 Å². The van der Waals surface area contributed by atoms with Gasteiger partial charge in [-0.3, -0.25) is 0 Å². The molecule has 16 heavy (non-hydrogen) atoms. The van der Waals surface area contributed by atoms with Crippen LogP contribution in [0.1, 0.15) is 36.6 Å². The number of thiophene rings is 1. The van der Waals surface area contributed by atoms with Gasteiger partial charge in [-0.05, 0) is 48.0 Å². The van der Waals surface area contributed by atoms with Gasteiger partial charge in [-0.1, -0.05) is 0 Å². The van der Waals surface area contributed by atoms with E-state index in [1.165, 1.54) is 4.88 Å². The van der Waals surface area contributed by atoms with Gasteiger partial charge in [0.25, 0.3) is 0 Å². The lowest BCUT2D eigenvalue weighted by Gasteiger charge is -2.17. The molecule has 0 saturated carbocycles. The molecule has 0 fully saturated rings. The zero-order valence-corrected chi connectivity index (χ0v) is 11.6. The van der Waals surface area contributed by atoms with E-state index in [9.17, 15) is 0 Å². The topological polar surface area (TPSA) is 25.2 Å². The molecule has 2 heterocycles. The SMILES string of the molecule is CC(N[C@H](C)c1ccco1)c1cc(Br)cs1. The Bertz CT molecular complexity index is 438. The van der Waals surface area contributed by atoms with Gasteiger partial charge in [0, 0.05) is 20.8 Å². The monoisotopic (exact) mass is 299 g/mol. The molecular formula is C12H14BrNOS. The van der Waals surface area contributed by atoms with Crippen LogP contribution in [-0.2, 0) is 0 Å². The van der Waals surface area contributed by atoms with E-state index in [0.29, 0.717) is 6.04 Å². The Kier molecular flexibility index (Phi) is 3.84. The standard InChI is InChI=1S/C12H14BrNOS/c1-8(11-4-3-5-15-11)14-9(2)12-6-10(13)7-16-12/h3-9,14H,1-2H3/t8-,9?/m1/s1. The number of rotatable bonds is 4. The summed E-state index contributed by atoms with van der Waals surface area (Å²) in [4.78, 5) is 1.32. The summed E-state index contributed by atoms with van der Waals surface area (Å²) in [6.07, 6.45) is 1.71. The fourth-order valence-corrected chi connectivity index (χ4v) is 3.09. The van der Waals surface area contributed by atoms with E-state index in [0.717, 1.165) is 10.2 Å². The Hall–Kier alpha value is -0.580. The van der Waals surface area contributed by atoms with Gasteiger partial charge in [0.2, 0.25) is 0 Å². The Morgan fingerprint density at radius 1 is 1.38 bits per heavy atom. The molecule has 0 spiro atoms. The average Bonchev–Trinajstić information content (AvgIpc) is 2.87. The third-order valence-corrected chi connectivity index (χ3v) is 4.36. The second-order valence-electron chi connectivity index (χ2n) is 3.79. The van der Waals surface area contributed by atoms with Crippen LogP contribution in [0, 0.1) is 0 Å². The van der Waals surface area contributed by atoms with Crippen LogP contribution in [0.4, 0.5) is 0 Å². The lowest BCUT2D eigenvalue weighted by molar-refractivity contribution is 0.405. The quantitative estimate of drug-likeness (QED) is 0.898. The molecule has 0 aliphatic rings. The highest BCUT2D eigenvalue weighted by Gasteiger charge is 2.14. The van der Waals surface area contributed by atoms with Crippen molar-refractivity contribution in [3.8, 4) is 0 Å². The van der Waals surface area contributed by atoms with E-state index < -0.39 is 0 Å². The van der Waals surface area contributed by atoms with Gasteiger partial charge >= 0.3 is 0 Å². The van der Waals surface area contributed by atoms with E-state index in [-0.39, 0.29) is 6.04 Å². The molecule has 2 aromatic rings. The summed E-state index contributed by atoms with van der Waals surface area (Å²) in [6.45, 7) is 4.27. The smallest absolute Gasteiger partial charge is 0.120 e. The second-order valence-corrected chi connectivity index (χ2v) is 5.65. The molecule has 0 aliphatic carbocycles. The van der Waals surface area contributed by atoms with E-state index in [1.807, 2.05) is 12.1 Å². The molecule has 2 aromatic heterocycles. The largest absolute Gasteiger partial charge is 0.468 e. The summed E-state index contributed by atoms with van der Waals surface area (Å²) in [5.74, 6) is 0.975. The van der Waals surface area contributed by atoms with Crippen LogP contribution in [0.15, 0.2) is 38.7 Å². The molecule has 0 bridgehead atoms. The highest BCUT2D eigenvalue weighted by molar-refractivity contribution is 9.10. The minimum absolute atomic E-state index is 0.228. The molecule has 1 unspecified atom stereocenters. The average molecular weight is 300 g/mol. The first-order chi connectivity index (χ1) is 7.66. The van der Waals surface area contributed by atoms with Crippen molar-refractivity contribution in [2.75, 3.05) is 0 Å². The van der Waals surface area contributed by atoms with E-state index >= 15 is 0 Å². The van der Waals surface area contributed by atoms with E-state index in [4.69, 9.17) is 4.42 Å². The Morgan fingerprint density at radius 3 is 2.75 bits per heavy atom. The molecule has 4 heteroatoms. The maximum absolute atomic E-state index is 5.37. The van der Waals surface area contributed by atoms with Crippen molar-refractivity contribution < 1.29 is 4.42 Å². The second kappa shape index (κ2) is 5.17. The van der Waals surface area contributed by atoms with Gasteiger partial charge in [-0.15, -0.1) is 11.3 Å². The number of furan rings is 1. The Labute approximate surface area is 108 Å². The zero-order chi connectivity index (χ0) is 11.5. The zero-order valence-electron chi connectivity index (χ0n) is 9.24. The number of hydrogen-bond donors (Lipinski definition) is 1. The Balaban J connectivity index is 2.00. The number of halogens is 1. The van der Waals surface area contributed by atoms with Crippen LogP contribution in [-0.4, -0.2) is 0 Å². The van der Waals surface area contributed by atoms with Gasteiger partial charge in [-0.2, -0.15) is 0 Å². The van der Waals surface area contributed by atoms with E-state index in [2.05, 4.69) is 46.5 Å². The van der Waals surface area contributed by atoms with Gasteiger partial charge < -0.3 is 9.73 Å². The minimum Gasteiger partial charge on any atom is -0.468 e. The minimum atomic E-state index is 0.228. The molecule has 0 amide bonds. The summed E-state index contributed by atoms with van der Waals surface area (Å²) in [5, 5.41) is 5.61. The van der Waals surface area contributed by atoms with Crippen LogP contribution < -0.4 is 5.32 Å². The predicted molar refractivity (Wildman–Crippen MR) is 70.7 cm³/mol. The summed E-state index contributed by atoms with van der Waals surface area (Å²) < 4.78 is 6.51. The maximum Gasteiger partial charge on any atom is 0.120 e. The first-order valence-corrected chi connectivity index (χ1v) is 6.87. The normalized spacial score (nSPS) is 14.9. The molecule has 0 saturated heterocycles. The third kappa shape index (κ3) is 2.75. The molecule has 86 valence electrons. The van der Waals surface area contributed by atoms with Gasteiger partial charge in [0.05, 0.1) is 12.3 Å². The summed E-state index contributed by atoms with van der Waals surface area (Å²) >= 11 is 5.23. The number of hydrogen-bond acceptors (Lipinski definition) is 3. The molecule has 0 radical (unpaired) electrons. The van der Waals surface area contributed by atoms with E-state index in [1.54, 1.807) is 17.6 Å². The maximum atomic E-state index is 5.37. The molecular weight excluding hydrogens is 286 g/mol.